The lowest BCUT2D eigenvalue weighted by atomic mass is 10.2. The zero-order valence-electron chi connectivity index (χ0n) is 12.7. The van der Waals surface area contributed by atoms with E-state index >= 15 is 0 Å². The van der Waals surface area contributed by atoms with Crippen molar-refractivity contribution in [3.05, 3.63) is 45.9 Å². The van der Waals surface area contributed by atoms with Crippen LogP contribution in [0.15, 0.2) is 29.6 Å². The number of hydrogen-bond donors (Lipinski definition) is 2. The van der Waals surface area contributed by atoms with Gasteiger partial charge in [0.25, 0.3) is 5.91 Å². The van der Waals surface area contributed by atoms with Gasteiger partial charge in [-0.15, -0.1) is 23.7 Å². The van der Waals surface area contributed by atoms with E-state index in [1.165, 1.54) is 24.2 Å². The molecule has 7 heteroatoms. The Kier molecular flexibility index (Phi) is 6.53. The fourth-order valence-corrected chi connectivity index (χ4v) is 2.73. The van der Waals surface area contributed by atoms with E-state index in [0.29, 0.717) is 18.8 Å². The Morgan fingerprint density at radius 3 is 2.96 bits per heavy atom. The van der Waals surface area contributed by atoms with Gasteiger partial charge in [0.15, 0.2) is 0 Å². The first-order valence-electron chi connectivity index (χ1n) is 7.37. The Hall–Kier alpha value is -1.47. The number of hydrogen-bond acceptors (Lipinski definition) is 5. The highest BCUT2D eigenvalue weighted by atomic mass is 35.5. The van der Waals surface area contributed by atoms with Gasteiger partial charge in [-0.05, 0) is 36.5 Å². The highest BCUT2D eigenvalue weighted by molar-refractivity contribution is 7.09. The van der Waals surface area contributed by atoms with Crippen molar-refractivity contribution in [1.29, 1.82) is 0 Å². The SMILES string of the molecule is Cl.NCc1nc(C(=O)Nc2cccc(COCC3CC3)c2)cs1. The summed E-state index contributed by atoms with van der Waals surface area (Å²) in [7, 11) is 0. The van der Waals surface area contributed by atoms with Crippen LogP contribution in [0.1, 0.15) is 33.9 Å². The van der Waals surface area contributed by atoms with Crippen LogP contribution in [-0.4, -0.2) is 17.5 Å². The maximum absolute atomic E-state index is 12.1. The zero-order valence-corrected chi connectivity index (χ0v) is 14.3. The fourth-order valence-electron chi connectivity index (χ4n) is 2.07. The van der Waals surface area contributed by atoms with Crippen molar-refractivity contribution in [1.82, 2.24) is 4.98 Å². The highest BCUT2D eigenvalue weighted by Crippen LogP contribution is 2.29. The molecular weight excluding hydrogens is 334 g/mol. The number of nitrogens with zero attached hydrogens (tertiary/aromatic N) is 1. The molecule has 1 aliphatic rings. The smallest absolute Gasteiger partial charge is 0.275 e. The van der Waals surface area contributed by atoms with Gasteiger partial charge in [-0.1, -0.05) is 12.1 Å². The quantitative estimate of drug-likeness (QED) is 0.801. The van der Waals surface area contributed by atoms with Crippen LogP contribution in [0, 0.1) is 5.92 Å². The lowest BCUT2D eigenvalue weighted by molar-refractivity contribution is 0.102. The maximum Gasteiger partial charge on any atom is 0.275 e. The summed E-state index contributed by atoms with van der Waals surface area (Å²) in [6, 6.07) is 7.70. The molecule has 1 aromatic carbocycles. The third-order valence-corrected chi connectivity index (χ3v) is 4.33. The Balaban J connectivity index is 0.00000192. The monoisotopic (exact) mass is 353 g/mol. The molecule has 0 atom stereocenters. The van der Waals surface area contributed by atoms with E-state index in [9.17, 15) is 4.79 Å². The number of nitrogens with two attached hydrogens (primary N) is 1. The molecule has 1 aromatic heterocycles. The minimum absolute atomic E-state index is 0. The molecule has 1 aliphatic carbocycles. The summed E-state index contributed by atoms with van der Waals surface area (Å²) in [4.78, 5) is 16.3. The fraction of sp³-hybridized carbons (Fsp3) is 0.375. The summed E-state index contributed by atoms with van der Waals surface area (Å²) in [6.07, 6.45) is 2.57. The predicted octanol–water partition coefficient (Wildman–Crippen LogP) is 3.20. The standard InChI is InChI=1S/C16H19N3O2S.ClH/c17-7-15-19-14(10-22-15)16(20)18-13-3-1-2-12(6-13)9-21-8-11-4-5-11;/h1-3,6,10-11H,4-5,7-9,17H2,(H,18,20);1H. The first kappa shape index (κ1) is 17.9. The van der Waals surface area contributed by atoms with Crippen LogP contribution in [0.2, 0.25) is 0 Å². The number of carbonyl (C=O) groups excluding carboxylic acids is 1. The number of carbonyl (C=O) groups is 1. The van der Waals surface area contributed by atoms with Crippen LogP contribution in [0.3, 0.4) is 0 Å². The molecule has 0 radical (unpaired) electrons. The number of halogens is 1. The molecule has 1 amide bonds. The molecule has 0 bridgehead atoms. The zero-order chi connectivity index (χ0) is 15.4. The van der Waals surface area contributed by atoms with Gasteiger partial charge in [-0.3, -0.25) is 4.79 Å². The maximum atomic E-state index is 12.1. The molecule has 1 fully saturated rings. The van der Waals surface area contributed by atoms with Crippen molar-refractivity contribution >= 4 is 35.3 Å². The van der Waals surface area contributed by atoms with Gasteiger partial charge in [-0.25, -0.2) is 4.98 Å². The minimum Gasteiger partial charge on any atom is -0.376 e. The highest BCUT2D eigenvalue weighted by Gasteiger charge is 2.21. The van der Waals surface area contributed by atoms with Gasteiger partial charge in [0.2, 0.25) is 0 Å². The van der Waals surface area contributed by atoms with Crippen LogP contribution < -0.4 is 11.1 Å². The summed E-state index contributed by atoms with van der Waals surface area (Å²) < 4.78 is 5.67. The molecule has 5 nitrogen and oxygen atoms in total. The van der Waals surface area contributed by atoms with Gasteiger partial charge < -0.3 is 15.8 Å². The number of rotatable bonds is 7. The third kappa shape index (κ3) is 5.28. The number of ether oxygens (including phenoxy) is 1. The van der Waals surface area contributed by atoms with Gasteiger partial charge in [-0.2, -0.15) is 0 Å². The molecule has 124 valence electrons. The lowest BCUT2D eigenvalue weighted by Gasteiger charge is -2.07. The number of anilines is 1. The van der Waals surface area contributed by atoms with E-state index in [4.69, 9.17) is 10.5 Å². The van der Waals surface area contributed by atoms with E-state index in [2.05, 4.69) is 10.3 Å². The van der Waals surface area contributed by atoms with E-state index < -0.39 is 0 Å². The summed E-state index contributed by atoms with van der Waals surface area (Å²) in [5, 5.41) is 5.34. The first-order valence-corrected chi connectivity index (χ1v) is 8.25. The van der Waals surface area contributed by atoms with E-state index in [-0.39, 0.29) is 18.3 Å². The van der Waals surface area contributed by atoms with Crippen molar-refractivity contribution in [2.24, 2.45) is 11.7 Å². The van der Waals surface area contributed by atoms with Crippen LogP contribution >= 0.6 is 23.7 Å². The number of thiazole rings is 1. The van der Waals surface area contributed by atoms with E-state index in [0.717, 1.165) is 28.8 Å². The van der Waals surface area contributed by atoms with Crippen molar-refractivity contribution in [2.75, 3.05) is 11.9 Å². The molecule has 0 saturated heterocycles. The van der Waals surface area contributed by atoms with Gasteiger partial charge in [0, 0.05) is 24.2 Å². The lowest BCUT2D eigenvalue weighted by Crippen LogP contribution is -2.13. The van der Waals surface area contributed by atoms with Crippen molar-refractivity contribution in [3.63, 3.8) is 0 Å². The van der Waals surface area contributed by atoms with Crippen LogP contribution in [0.25, 0.3) is 0 Å². The molecule has 23 heavy (non-hydrogen) atoms. The summed E-state index contributed by atoms with van der Waals surface area (Å²) >= 11 is 1.39. The average Bonchev–Trinajstić information content (AvgIpc) is 3.21. The topological polar surface area (TPSA) is 77.2 Å². The van der Waals surface area contributed by atoms with E-state index in [1.54, 1.807) is 5.38 Å². The Morgan fingerprint density at radius 1 is 1.43 bits per heavy atom. The van der Waals surface area contributed by atoms with E-state index in [1.807, 2.05) is 24.3 Å². The molecule has 1 heterocycles. The van der Waals surface area contributed by atoms with Crippen LogP contribution in [-0.2, 0) is 17.9 Å². The third-order valence-electron chi connectivity index (χ3n) is 3.46. The van der Waals surface area contributed by atoms with Gasteiger partial charge >= 0.3 is 0 Å². The minimum atomic E-state index is -0.216. The second-order valence-electron chi connectivity index (χ2n) is 5.44. The molecular formula is C16H20ClN3O2S. The second-order valence-corrected chi connectivity index (χ2v) is 6.39. The average molecular weight is 354 g/mol. The number of nitrogens with one attached hydrogen (secondary N) is 1. The number of benzene rings is 1. The van der Waals surface area contributed by atoms with Gasteiger partial charge in [0.1, 0.15) is 10.7 Å². The van der Waals surface area contributed by atoms with Crippen molar-refractivity contribution in [3.8, 4) is 0 Å². The first-order chi connectivity index (χ1) is 10.7. The molecule has 0 spiro atoms. The summed E-state index contributed by atoms with van der Waals surface area (Å²) in [5.41, 5.74) is 7.72. The van der Waals surface area contributed by atoms with Crippen molar-refractivity contribution < 1.29 is 9.53 Å². The summed E-state index contributed by atoms with van der Waals surface area (Å²) in [6.45, 7) is 1.76. The van der Waals surface area contributed by atoms with Gasteiger partial charge in [0.05, 0.1) is 6.61 Å². The van der Waals surface area contributed by atoms with Crippen LogP contribution in [0.5, 0.6) is 0 Å². The Morgan fingerprint density at radius 2 is 2.26 bits per heavy atom. The normalized spacial score (nSPS) is 13.4. The number of amides is 1. The summed E-state index contributed by atoms with van der Waals surface area (Å²) in [5.74, 6) is 0.538. The number of aromatic nitrogens is 1. The van der Waals surface area contributed by atoms with Crippen LogP contribution in [0.4, 0.5) is 5.69 Å². The Bertz CT molecular complexity index is 658. The van der Waals surface area contributed by atoms with Crippen molar-refractivity contribution in [2.45, 2.75) is 26.0 Å². The molecule has 0 aliphatic heterocycles. The second kappa shape index (κ2) is 8.40. The molecule has 3 N–H and O–H groups in total. The largest absolute Gasteiger partial charge is 0.376 e. The molecule has 2 aromatic rings. The molecule has 0 unspecified atom stereocenters. The molecule has 3 rings (SSSR count). The Labute approximate surface area is 145 Å². The molecule has 1 saturated carbocycles. The predicted molar refractivity (Wildman–Crippen MR) is 94.0 cm³/mol.